The molecule has 0 saturated carbocycles. The predicted molar refractivity (Wildman–Crippen MR) is 70.4 cm³/mol. The zero-order chi connectivity index (χ0) is 13.1. The van der Waals surface area contributed by atoms with E-state index < -0.39 is 0 Å². The highest BCUT2D eigenvalue weighted by atomic mass is 16.2. The Bertz CT molecular complexity index is 483. The van der Waals surface area contributed by atoms with Crippen molar-refractivity contribution in [1.29, 1.82) is 0 Å². The molecule has 1 N–H and O–H groups in total. The average Bonchev–Trinajstić information content (AvgIpc) is 2.69. The number of anilines is 1. The van der Waals surface area contributed by atoms with Gasteiger partial charge < -0.3 is 10.2 Å². The molecule has 2 amide bonds. The fourth-order valence-electron chi connectivity index (χ4n) is 2.19. The third kappa shape index (κ3) is 2.88. The number of aryl methyl sites for hydroxylation is 2. The monoisotopic (exact) mass is 246 g/mol. The van der Waals surface area contributed by atoms with Crippen LogP contribution >= 0.6 is 0 Å². The lowest BCUT2D eigenvalue weighted by molar-refractivity contribution is -0.131. The van der Waals surface area contributed by atoms with Crippen LogP contribution in [0.1, 0.15) is 24.0 Å². The summed E-state index contributed by atoms with van der Waals surface area (Å²) in [6.07, 6.45) is 1.42. The SMILES string of the molecule is Cc1ccc(NC(=O)CN2CCCC2=O)c(C)c1. The van der Waals surface area contributed by atoms with Gasteiger partial charge in [-0.1, -0.05) is 17.7 Å². The minimum absolute atomic E-state index is 0.0748. The van der Waals surface area contributed by atoms with Crippen molar-refractivity contribution < 1.29 is 9.59 Å². The molecule has 2 rings (SSSR count). The van der Waals surface area contributed by atoms with E-state index in [1.54, 1.807) is 4.90 Å². The first-order chi connectivity index (χ1) is 8.56. The Kier molecular flexibility index (Phi) is 3.65. The highest BCUT2D eigenvalue weighted by Gasteiger charge is 2.22. The van der Waals surface area contributed by atoms with Crippen molar-refractivity contribution in [3.05, 3.63) is 29.3 Å². The molecule has 1 saturated heterocycles. The average molecular weight is 246 g/mol. The third-order valence-electron chi connectivity index (χ3n) is 3.16. The summed E-state index contributed by atoms with van der Waals surface area (Å²) in [5.41, 5.74) is 3.02. The molecule has 0 atom stereocenters. The Morgan fingerprint density at radius 1 is 1.39 bits per heavy atom. The number of likely N-dealkylation sites (tertiary alicyclic amines) is 1. The van der Waals surface area contributed by atoms with Crippen molar-refractivity contribution in [3.8, 4) is 0 Å². The van der Waals surface area contributed by atoms with Crippen LogP contribution < -0.4 is 5.32 Å². The summed E-state index contributed by atoms with van der Waals surface area (Å²) in [5.74, 6) is -0.0528. The summed E-state index contributed by atoms with van der Waals surface area (Å²) in [5, 5.41) is 2.85. The maximum absolute atomic E-state index is 11.8. The molecule has 0 aliphatic carbocycles. The standard InChI is InChI=1S/C14H18N2O2/c1-10-5-6-12(11(2)8-10)15-13(17)9-16-7-3-4-14(16)18/h5-6,8H,3-4,7,9H2,1-2H3,(H,15,17). The van der Waals surface area contributed by atoms with Gasteiger partial charge in [-0.3, -0.25) is 9.59 Å². The van der Waals surface area contributed by atoms with Gasteiger partial charge in [-0.25, -0.2) is 0 Å². The maximum atomic E-state index is 11.8. The van der Waals surface area contributed by atoms with Crippen LogP contribution in [0.5, 0.6) is 0 Å². The predicted octanol–water partition coefficient (Wildman–Crippen LogP) is 1.86. The van der Waals surface area contributed by atoms with E-state index >= 15 is 0 Å². The van der Waals surface area contributed by atoms with Gasteiger partial charge in [-0.15, -0.1) is 0 Å². The lowest BCUT2D eigenvalue weighted by atomic mass is 10.1. The second-order valence-electron chi connectivity index (χ2n) is 4.79. The van der Waals surface area contributed by atoms with Crippen molar-refractivity contribution in [2.45, 2.75) is 26.7 Å². The van der Waals surface area contributed by atoms with Gasteiger partial charge in [0.25, 0.3) is 0 Å². The molecule has 0 bridgehead atoms. The minimum Gasteiger partial charge on any atom is -0.333 e. The van der Waals surface area contributed by atoms with E-state index in [9.17, 15) is 9.59 Å². The molecule has 1 aliphatic heterocycles. The van der Waals surface area contributed by atoms with Gasteiger partial charge in [0.2, 0.25) is 11.8 Å². The zero-order valence-electron chi connectivity index (χ0n) is 10.8. The topological polar surface area (TPSA) is 49.4 Å². The van der Waals surface area contributed by atoms with Crippen LogP contribution in [0.4, 0.5) is 5.69 Å². The van der Waals surface area contributed by atoms with Crippen molar-refractivity contribution in [1.82, 2.24) is 4.90 Å². The number of rotatable bonds is 3. The molecule has 1 fully saturated rings. The van der Waals surface area contributed by atoms with E-state index in [4.69, 9.17) is 0 Å². The molecular formula is C14H18N2O2. The van der Waals surface area contributed by atoms with Crippen LogP contribution in [0.2, 0.25) is 0 Å². The van der Waals surface area contributed by atoms with Crippen LogP contribution in [-0.4, -0.2) is 29.8 Å². The molecule has 1 aromatic carbocycles. The first kappa shape index (κ1) is 12.6. The number of nitrogens with zero attached hydrogens (tertiary/aromatic N) is 1. The number of carbonyl (C=O) groups is 2. The number of benzene rings is 1. The molecule has 4 heteroatoms. The Morgan fingerprint density at radius 2 is 2.17 bits per heavy atom. The highest BCUT2D eigenvalue weighted by Crippen LogP contribution is 2.16. The molecule has 0 aromatic heterocycles. The first-order valence-corrected chi connectivity index (χ1v) is 6.21. The lowest BCUT2D eigenvalue weighted by Crippen LogP contribution is -2.34. The summed E-state index contributed by atoms with van der Waals surface area (Å²) in [6, 6.07) is 5.88. The maximum Gasteiger partial charge on any atom is 0.244 e. The van der Waals surface area contributed by atoms with Gasteiger partial charge in [0.15, 0.2) is 0 Å². The van der Waals surface area contributed by atoms with Crippen molar-refractivity contribution >= 4 is 17.5 Å². The van der Waals surface area contributed by atoms with Crippen molar-refractivity contribution in [2.24, 2.45) is 0 Å². The van der Waals surface area contributed by atoms with Gasteiger partial charge in [-0.2, -0.15) is 0 Å². The summed E-state index contributed by atoms with van der Waals surface area (Å²) >= 11 is 0. The number of hydrogen-bond acceptors (Lipinski definition) is 2. The normalized spacial score (nSPS) is 15.0. The molecule has 1 aliphatic rings. The molecule has 96 valence electrons. The van der Waals surface area contributed by atoms with E-state index in [0.29, 0.717) is 13.0 Å². The Morgan fingerprint density at radius 3 is 2.78 bits per heavy atom. The summed E-state index contributed by atoms with van der Waals surface area (Å²) in [6.45, 7) is 4.83. The van der Waals surface area contributed by atoms with Crippen LogP contribution in [0.3, 0.4) is 0 Å². The van der Waals surface area contributed by atoms with Crippen LogP contribution in [0, 0.1) is 13.8 Å². The van der Waals surface area contributed by atoms with Gasteiger partial charge in [0, 0.05) is 18.7 Å². The van der Waals surface area contributed by atoms with Crippen LogP contribution in [-0.2, 0) is 9.59 Å². The van der Waals surface area contributed by atoms with E-state index in [-0.39, 0.29) is 18.4 Å². The number of hydrogen-bond donors (Lipinski definition) is 1. The Balaban J connectivity index is 1.96. The summed E-state index contributed by atoms with van der Waals surface area (Å²) < 4.78 is 0. The fraction of sp³-hybridized carbons (Fsp3) is 0.429. The van der Waals surface area contributed by atoms with Gasteiger partial charge in [0.05, 0.1) is 6.54 Å². The zero-order valence-corrected chi connectivity index (χ0v) is 10.8. The van der Waals surface area contributed by atoms with E-state index in [1.807, 2.05) is 32.0 Å². The van der Waals surface area contributed by atoms with Crippen molar-refractivity contribution in [3.63, 3.8) is 0 Å². The van der Waals surface area contributed by atoms with E-state index in [0.717, 1.165) is 17.7 Å². The smallest absolute Gasteiger partial charge is 0.244 e. The Labute approximate surface area is 107 Å². The number of amides is 2. The molecule has 1 heterocycles. The molecular weight excluding hydrogens is 228 g/mol. The Hall–Kier alpha value is -1.84. The lowest BCUT2D eigenvalue weighted by Gasteiger charge is -2.15. The summed E-state index contributed by atoms with van der Waals surface area (Å²) in [4.78, 5) is 24.9. The van der Waals surface area contributed by atoms with Crippen LogP contribution in [0.25, 0.3) is 0 Å². The number of nitrogens with one attached hydrogen (secondary N) is 1. The summed E-state index contributed by atoms with van der Waals surface area (Å²) in [7, 11) is 0. The van der Waals surface area contributed by atoms with Gasteiger partial charge >= 0.3 is 0 Å². The molecule has 18 heavy (non-hydrogen) atoms. The molecule has 0 radical (unpaired) electrons. The van der Waals surface area contributed by atoms with E-state index in [1.165, 1.54) is 5.56 Å². The van der Waals surface area contributed by atoms with Gasteiger partial charge in [0.1, 0.15) is 0 Å². The second-order valence-corrected chi connectivity index (χ2v) is 4.79. The van der Waals surface area contributed by atoms with Crippen molar-refractivity contribution in [2.75, 3.05) is 18.4 Å². The fourth-order valence-corrected chi connectivity index (χ4v) is 2.19. The quantitative estimate of drug-likeness (QED) is 0.885. The molecule has 0 spiro atoms. The van der Waals surface area contributed by atoms with E-state index in [2.05, 4.69) is 5.32 Å². The minimum atomic E-state index is -0.128. The first-order valence-electron chi connectivity index (χ1n) is 6.21. The molecule has 1 aromatic rings. The number of carbonyl (C=O) groups excluding carboxylic acids is 2. The van der Waals surface area contributed by atoms with Crippen LogP contribution in [0.15, 0.2) is 18.2 Å². The van der Waals surface area contributed by atoms with Gasteiger partial charge in [-0.05, 0) is 31.9 Å². The largest absolute Gasteiger partial charge is 0.333 e. The third-order valence-corrected chi connectivity index (χ3v) is 3.16. The second kappa shape index (κ2) is 5.21. The highest BCUT2D eigenvalue weighted by molar-refractivity contribution is 5.95. The molecule has 4 nitrogen and oxygen atoms in total. The molecule has 0 unspecified atom stereocenters.